The predicted octanol–water partition coefficient (Wildman–Crippen LogP) is 5.24. The van der Waals surface area contributed by atoms with Crippen molar-refractivity contribution in [2.24, 2.45) is 45.6 Å². The number of ether oxygens (including phenoxy) is 4. The minimum atomic E-state index is -1.26. The number of carbonyl (C=O) groups is 1. The summed E-state index contributed by atoms with van der Waals surface area (Å²) in [7, 11) is 3.12. The van der Waals surface area contributed by atoms with Gasteiger partial charge in [0.25, 0.3) is 0 Å². The standard InChI is InChI=1S/C35H59NO8/c1-15-26-32(9,10)29(37)22(6)28(36-40)20(4)18-35(17-3,42-14)33(11,16-2)23(7)27(21(5)31(39)44-26)25-19-34(12,41-13)30(38)24(8)43-25/h3,16,20-27,29-30,37-38,40H,2,15,18-19H2,1,4-14H3/b36-28+/t20-,21-,22+,23+,24+,25?,26-,27-,29-,30+,33+,34-,35-/m1/s1. The molecular weight excluding hydrogens is 562 g/mol. The van der Waals surface area contributed by atoms with Crippen molar-refractivity contribution in [3.8, 4) is 12.3 Å². The lowest BCUT2D eigenvalue weighted by atomic mass is 9.56. The predicted molar refractivity (Wildman–Crippen MR) is 171 cm³/mol. The van der Waals surface area contributed by atoms with Gasteiger partial charge in [0.05, 0.1) is 35.5 Å². The van der Waals surface area contributed by atoms with Crippen LogP contribution in [0.25, 0.3) is 0 Å². The van der Waals surface area contributed by atoms with Gasteiger partial charge < -0.3 is 34.4 Å². The van der Waals surface area contributed by atoms with E-state index in [2.05, 4.69) is 17.7 Å². The summed E-state index contributed by atoms with van der Waals surface area (Å²) in [5.41, 5.74) is -3.63. The summed E-state index contributed by atoms with van der Waals surface area (Å²) in [6.45, 7) is 23.0. The van der Waals surface area contributed by atoms with Crippen molar-refractivity contribution in [1.29, 1.82) is 0 Å². The van der Waals surface area contributed by atoms with Gasteiger partial charge in [-0.2, -0.15) is 0 Å². The Morgan fingerprint density at radius 3 is 2.09 bits per heavy atom. The summed E-state index contributed by atoms with van der Waals surface area (Å²) >= 11 is 0. The molecular formula is C35H59NO8. The number of carbonyl (C=O) groups excluding carboxylic acids is 1. The van der Waals surface area contributed by atoms with Crippen LogP contribution in [-0.4, -0.2) is 83.0 Å². The van der Waals surface area contributed by atoms with Crippen molar-refractivity contribution in [2.75, 3.05) is 14.2 Å². The third kappa shape index (κ3) is 6.48. The van der Waals surface area contributed by atoms with Crippen LogP contribution in [0.4, 0.5) is 0 Å². The Hall–Kier alpha value is -1.96. The van der Waals surface area contributed by atoms with Gasteiger partial charge in [0.2, 0.25) is 0 Å². The maximum atomic E-state index is 14.2. The number of oxime groups is 1. The quantitative estimate of drug-likeness (QED) is 0.125. The van der Waals surface area contributed by atoms with E-state index in [1.807, 2.05) is 55.4 Å². The van der Waals surface area contributed by atoms with E-state index in [0.29, 0.717) is 18.6 Å². The zero-order chi connectivity index (χ0) is 34.0. The first-order valence-corrected chi connectivity index (χ1v) is 16.0. The highest BCUT2D eigenvalue weighted by atomic mass is 16.6. The number of nitrogens with zero attached hydrogens (tertiary/aromatic N) is 1. The molecule has 2 aliphatic heterocycles. The third-order valence-electron chi connectivity index (χ3n) is 11.7. The van der Waals surface area contributed by atoms with Crippen molar-refractivity contribution in [3.63, 3.8) is 0 Å². The fourth-order valence-electron chi connectivity index (χ4n) is 8.17. The highest BCUT2D eigenvalue weighted by Gasteiger charge is 2.58. The first-order chi connectivity index (χ1) is 20.3. The molecule has 2 aliphatic rings. The number of esters is 1. The zero-order valence-corrected chi connectivity index (χ0v) is 29.1. The van der Waals surface area contributed by atoms with E-state index in [4.69, 9.17) is 25.4 Å². The Labute approximate surface area is 265 Å². The molecule has 9 nitrogen and oxygen atoms in total. The smallest absolute Gasteiger partial charge is 0.309 e. The van der Waals surface area contributed by atoms with E-state index in [1.54, 1.807) is 34.1 Å². The van der Waals surface area contributed by atoms with Gasteiger partial charge >= 0.3 is 5.97 Å². The van der Waals surface area contributed by atoms with Crippen LogP contribution >= 0.6 is 0 Å². The van der Waals surface area contributed by atoms with Crippen LogP contribution in [0.1, 0.15) is 88.5 Å². The summed E-state index contributed by atoms with van der Waals surface area (Å²) in [5.74, 6) is -0.0118. The lowest BCUT2D eigenvalue weighted by Crippen LogP contribution is -2.61. The van der Waals surface area contributed by atoms with Gasteiger partial charge in [0.15, 0.2) is 0 Å². The molecule has 0 amide bonds. The molecule has 2 saturated heterocycles. The maximum absolute atomic E-state index is 14.2. The van der Waals surface area contributed by atoms with Gasteiger partial charge in [-0.15, -0.1) is 13.0 Å². The number of cyclic esters (lactones) is 1. The molecule has 0 spiro atoms. The molecule has 0 aromatic carbocycles. The van der Waals surface area contributed by atoms with Gasteiger partial charge in [-0.25, -0.2) is 0 Å². The second-order valence-electron chi connectivity index (χ2n) is 14.4. The summed E-state index contributed by atoms with van der Waals surface area (Å²) in [4.78, 5) is 14.2. The second-order valence-corrected chi connectivity index (χ2v) is 14.4. The lowest BCUT2D eigenvalue weighted by molar-refractivity contribution is -0.238. The fraction of sp³-hybridized carbons (Fsp3) is 0.829. The number of rotatable bonds is 5. The van der Waals surface area contributed by atoms with E-state index in [0.717, 1.165) is 0 Å². The van der Waals surface area contributed by atoms with E-state index in [9.17, 15) is 20.2 Å². The monoisotopic (exact) mass is 621 g/mol. The van der Waals surface area contributed by atoms with E-state index < -0.39 is 82.2 Å². The molecule has 3 N–H and O–H groups in total. The summed E-state index contributed by atoms with van der Waals surface area (Å²) < 4.78 is 24.8. The Kier molecular flexibility index (Phi) is 12.3. The molecule has 13 atom stereocenters. The molecule has 44 heavy (non-hydrogen) atoms. The highest BCUT2D eigenvalue weighted by Crippen LogP contribution is 2.53. The lowest BCUT2D eigenvalue weighted by Gasteiger charge is -2.54. The van der Waals surface area contributed by atoms with E-state index >= 15 is 0 Å². The minimum Gasteiger partial charge on any atom is -0.461 e. The minimum absolute atomic E-state index is 0.253. The van der Waals surface area contributed by atoms with Crippen LogP contribution in [0.2, 0.25) is 0 Å². The molecule has 2 rings (SSSR count). The number of terminal acetylenes is 1. The average molecular weight is 622 g/mol. The van der Waals surface area contributed by atoms with Crippen LogP contribution in [0.5, 0.6) is 0 Å². The molecule has 252 valence electrons. The average Bonchev–Trinajstić information content (AvgIpc) is 2.99. The third-order valence-corrected chi connectivity index (χ3v) is 11.7. The SMILES string of the molecule is C#C[C@@]1(OC)C[C@@H](C)/C(=N\O)[C@H](C)[C@@H](O)C(C)(C)[C@@H](CC)OC(=O)[C@H](C)[C@@H](C2C[C@@](C)(OC)[C@@H](O)[C@H](C)O2)[C@H](C)[C@]1(C)C=C. The normalized spacial score (nSPS) is 46.8. The van der Waals surface area contributed by atoms with Crippen LogP contribution in [0, 0.1) is 52.8 Å². The molecule has 1 unspecified atom stereocenters. The topological polar surface area (TPSA) is 127 Å². The number of methoxy groups -OCH3 is 2. The molecule has 2 fully saturated rings. The molecule has 9 heteroatoms. The first kappa shape index (κ1) is 38.2. The number of hydrogen-bond acceptors (Lipinski definition) is 9. The van der Waals surface area contributed by atoms with Crippen LogP contribution in [0.15, 0.2) is 17.8 Å². The number of hydrogen-bond donors (Lipinski definition) is 3. The van der Waals surface area contributed by atoms with Gasteiger partial charge in [0, 0.05) is 49.2 Å². The fourth-order valence-corrected chi connectivity index (χ4v) is 8.17. The van der Waals surface area contributed by atoms with Crippen molar-refractivity contribution in [1.82, 2.24) is 0 Å². The Bertz CT molecular complexity index is 1090. The van der Waals surface area contributed by atoms with Gasteiger partial charge in [0.1, 0.15) is 17.8 Å². The Morgan fingerprint density at radius 2 is 1.64 bits per heavy atom. The van der Waals surface area contributed by atoms with Crippen LogP contribution < -0.4 is 0 Å². The van der Waals surface area contributed by atoms with Gasteiger partial charge in [-0.05, 0) is 32.6 Å². The zero-order valence-electron chi connectivity index (χ0n) is 29.1. The van der Waals surface area contributed by atoms with Crippen molar-refractivity contribution < 1.29 is 39.2 Å². The first-order valence-electron chi connectivity index (χ1n) is 16.0. The highest BCUT2D eigenvalue weighted by molar-refractivity contribution is 5.88. The Morgan fingerprint density at radius 1 is 1.05 bits per heavy atom. The molecule has 0 aromatic rings. The van der Waals surface area contributed by atoms with E-state index in [-0.39, 0.29) is 12.3 Å². The maximum Gasteiger partial charge on any atom is 0.309 e. The van der Waals surface area contributed by atoms with Gasteiger partial charge in [-0.1, -0.05) is 72.5 Å². The van der Waals surface area contributed by atoms with Gasteiger partial charge in [-0.3, -0.25) is 4.79 Å². The molecule has 0 bridgehead atoms. The van der Waals surface area contributed by atoms with Crippen LogP contribution in [0.3, 0.4) is 0 Å². The largest absolute Gasteiger partial charge is 0.461 e. The second kappa shape index (κ2) is 14.2. The molecule has 0 aliphatic carbocycles. The number of aliphatic hydroxyl groups is 2. The molecule has 2 heterocycles. The molecule has 0 aromatic heterocycles. The summed E-state index contributed by atoms with van der Waals surface area (Å²) in [6.07, 6.45) is 5.54. The molecule has 0 radical (unpaired) electrons. The van der Waals surface area contributed by atoms with Crippen molar-refractivity contribution in [3.05, 3.63) is 12.7 Å². The van der Waals surface area contributed by atoms with E-state index in [1.165, 1.54) is 0 Å². The summed E-state index contributed by atoms with van der Waals surface area (Å²) in [6, 6.07) is 0. The van der Waals surface area contributed by atoms with Crippen molar-refractivity contribution in [2.45, 2.75) is 130 Å². The van der Waals surface area contributed by atoms with Crippen molar-refractivity contribution >= 4 is 11.7 Å². The Balaban J connectivity index is 2.91. The molecule has 0 saturated carbocycles. The summed E-state index contributed by atoms with van der Waals surface area (Å²) in [5, 5.41) is 36.6. The van der Waals surface area contributed by atoms with Crippen LogP contribution in [-0.2, 0) is 23.7 Å². The number of aliphatic hydroxyl groups excluding tert-OH is 2.